The Kier molecular flexibility index (Phi) is 4.80. The van der Waals surface area contributed by atoms with Gasteiger partial charge in [-0.3, -0.25) is 9.69 Å². The van der Waals surface area contributed by atoms with E-state index in [1.54, 1.807) is 25.1 Å². The highest BCUT2D eigenvalue weighted by Crippen LogP contribution is 2.18. The zero-order valence-corrected chi connectivity index (χ0v) is 13.8. The highest BCUT2D eigenvalue weighted by molar-refractivity contribution is 5.93. The number of hydrogen-bond donors (Lipinski definition) is 1. The van der Waals surface area contributed by atoms with E-state index in [-0.39, 0.29) is 17.8 Å². The maximum atomic E-state index is 13.0. The van der Waals surface area contributed by atoms with Crippen LogP contribution in [0.2, 0.25) is 0 Å². The number of aromatic nitrogens is 1. The van der Waals surface area contributed by atoms with Gasteiger partial charge in [-0.05, 0) is 38.1 Å². The van der Waals surface area contributed by atoms with Crippen LogP contribution in [0.4, 0.5) is 15.9 Å². The van der Waals surface area contributed by atoms with Crippen molar-refractivity contribution in [3.8, 4) is 0 Å². The lowest BCUT2D eigenvalue weighted by atomic mass is 10.2. The molecule has 1 fully saturated rings. The molecule has 0 spiro atoms. The predicted molar refractivity (Wildman–Crippen MR) is 89.5 cm³/mol. The molecule has 1 saturated heterocycles. The third-order valence-corrected chi connectivity index (χ3v) is 4.31. The number of nitrogens with one attached hydrogen (secondary N) is 1. The summed E-state index contributed by atoms with van der Waals surface area (Å²) in [6.45, 7) is 6.79. The molecule has 1 aromatic heterocycles. The maximum Gasteiger partial charge on any atom is 0.242 e. The number of benzene rings is 1. The minimum absolute atomic E-state index is 0.0986. The van der Waals surface area contributed by atoms with Gasteiger partial charge >= 0.3 is 0 Å². The first-order valence-electron chi connectivity index (χ1n) is 8.01. The zero-order chi connectivity index (χ0) is 17.1. The van der Waals surface area contributed by atoms with Crippen LogP contribution < -0.4 is 10.2 Å². The number of rotatable bonds is 4. The standard InChI is InChI=1S/C17H21FN4O2/c1-12-11-16(20-24-12)19-17(23)13(2)21-7-9-22(10-8-21)15-5-3-14(18)4-6-15/h3-6,11,13H,7-10H2,1-2H3,(H,19,20,23). The number of carbonyl (C=O) groups excluding carboxylic acids is 1. The highest BCUT2D eigenvalue weighted by atomic mass is 19.1. The van der Waals surface area contributed by atoms with E-state index < -0.39 is 0 Å². The molecule has 2 aromatic rings. The van der Waals surface area contributed by atoms with E-state index >= 15 is 0 Å². The monoisotopic (exact) mass is 332 g/mol. The van der Waals surface area contributed by atoms with Gasteiger partial charge in [-0.15, -0.1) is 0 Å². The number of carbonyl (C=O) groups is 1. The Morgan fingerprint density at radius 2 is 1.92 bits per heavy atom. The molecule has 1 aromatic carbocycles. The highest BCUT2D eigenvalue weighted by Gasteiger charge is 2.26. The van der Waals surface area contributed by atoms with Crippen LogP contribution >= 0.6 is 0 Å². The largest absolute Gasteiger partial charge is 0.369 e. The molecule has 3 rings (SSSR count). The maximum absolute atomic E-state index is 13.0. The molecule has 2 heterocycles. The van der Waals surface area contributed by atoms with Crippen LogP contribution in [-0.2, 0) is 4.79 Å². The fraction of sp³-hybridized carbons (Fsp3) is 0.412. The Balaban J connectivity index is 1.53. The topological polar surface area (TPSA) is 61.6 Å². The second-order valence-electron chi connectivity index (χ2n) is 5.99. The second-order valence-corrected chi connectivity index (χ2v) is 5.99. The Morgan fingerprint density at radius 3 is 2.50 bits per heavy atom. The van der Waals surface area contributed by atoms with Gasteiger partial charge in [0, 0.05) is 37.9 Å². The third kappa shape index (κ3) is 3.73. The van der Waals surface area contributed by atoms with Gasteiger partial charge in [0.2, 0.25) is 5.91 Å². The predicted octanol–water partition coefficient (Wildman–Crippen LogP) is 2.27. The van der Waals surface area contributed by atoms with Gasteiger partial charge in [0.25, 0.3) is 0 Å². The molecule has 7 heteroatoms. The average molecular weight is 332 g/mol. The zero-order valence-electron chi connectivity index (χ0n) is 13.8. The number of hydrogen-bond acceptors (Lipinski definition) is 5. The van der Waals surface area contributed by atoms with Crippen LogP contribution in [0, 0.1) is 12.7 Å². The smallest absolute Gasteiger partial charge is 0.242 e. The van der Waals surface area contributed by atoms with Crippen molar-refractivity contribution in [2.24, 2.45) is 0 Å². The van der Waals surface area contributed by atoms with Crippen molar-refractivity contribution < 1.29 is 13.7 Å². The first kappa shape index (κ1) is 16.4. The Morgan fingerprint density at radius 1 is 1.25 bits per heavy atom. The minimum Gasteiger partial charge on any atom is -0.369 e. The summed E-state index contributed by atoms with van der Waals surface area (Å²) in [5.41, 5.74) is 1.01. The number of piperazine rings is 1. The van der Waals surface area contributed by atoms with Gasteiger partial charge in [0.1, 0.15) is 11.6 Å². The van der Waals surface area contributed by atoms with Crippen LogP contribution in [0.1, 0.15) is 12.7 Å². The van der Waals surface area contributed by atoms with Gasteiger partial charge in [0.05, 0.1) is 6.04 Å². The lowest BCUT2D eigenvalue weighted by Crippen LogP contribution is -2.52. The van der Waals surface area contributed by atoms with Gasteiger partial charge in [-0.2, -0.15) is 0 Å². The summed E-state index contributed by atoms with van der Waals surface area (Å²) < 4.78 is 18.0. The van der Waals surface area contributed by atoms with E-state index in [2.05, 4.69) is 20.3 Å². The molecule has 6 nitrogen and oxygen atoms in total. The summed E-state index contributed by atoms with van der Waals surface area (Å²) in [5.74, 6) is 0.768. The molecule has 0 saturated carbocycles. The molecule has 0 bridgehead atoms. The summed E-state index contributed by atoms with van der Waals surface area (Å²) in [4.78, 5) is 16.6. The third-order valence-electron chi connectivity index (χ3n) is 4.31. The van der Waals surface area contributed by atoms with E-state index in [4.69, 9.17) is 4.52 Å². The summed E-state index contributed by atoms with van der Waals surface area (Å²) >= 11 is 0. The molecular weight excluding hydrogens is 311 g/mol. The van der Waals surface area contributed by atoms with Crippen molar-refractivity contribution in [2.75, 3.05) is 36.4 Å². The molecule has 1 N–H and O–H groups in total. The summed E-state index contributed by atoms with van der Waals surface area (Å²) in [6, 6.07) is 7.95. The van der Waals surface area contributed by atoms with E-state index in [0.29, 0.717) is 11.6 Å². The van der Waals surface area contributed by atoms with Gasteiger partial charge in [-0.25, -0.2) is 4.39 Å². The van der Waals surface area contributed by atoms with Crippen molar-refractivity contribution in [1.29, 1.82) is 0 Å². The van der Waals surface area contributed by atoms with Crippen LogP contribution in [0.25, 0.3) is 0 Å². The molecule has 0 aliphatic carbocycles. The number of amides is 1. The van der Waals surface area contributed by atoms with E-state index in [1.165, 1.54) is 12.1 Å². The SMILES string of the molecule is Cc1cc(NC(=O)C(C)N2CCN(c3ccc(F)cc3)CC2)no1. The van der Waals surface area contributed by atoms with Crippen molar-refractivity contribution in [3.05, 3.63) is 41.9 Å². The van der Waals surface area contributed by atoms with Gasteiger partial charge in [-0.1, -0.05) is 5.16 Å². The Labute approximate surface area is 140 Å². The van der Waals surface area contributed by atoms with Crippen molar-refractivity contribution in [2.45, 2.75) is 19.9 Å². The Hall–Kier alpha value is -2.41. The molecule has 128 valence electrons. The normalized spacial score (nSPS) is 16.9. The molecular formula is C17H21FN4O2. The second kappa shape index (κ2) is 7.00. The number of anilines is 2. The summed E-state index contributed by atoms with van der Waals surface area (Å²) in [5, 5.41) is 6.55. The average Bonchev–Trinajstić information content (AvgIpc) is 3.00. The minimum atomic E-state index is -0.252. The summed E-state index contributed by atoms with van der Waals surface area (Å²) in [7, 11) is 0. The van der Waals surface area contributed by atoms with Crippen LogP contribution in [0.5, 0.6) is 0 Å². The lowest BCUT2D eigenvalue weighted by molar-refractivity contribution is -0.120. The van der Waals surface area contributed by atoms with Crippen LogP contribution in [-0.4, -0.2) is 48.2 Å². The Bertz CT molecular complexity index is 693. The van der Waals surface area contributed by atoms with Crippen LogP contribution in [0.3, 0.4) is 0 Å². The summed E-state index contributed by atoms with van der Waals surface area (Å²) in [6.07, 6.45) is 0. The molecule has 0 radical (unpaired) electrons. The molecule has 1 aliphatic rings. The van der Waals surface area contributed by atoms with Crippen molar-refractivity contribution in [3.63, 3.8) is 0 Å². The van der Waals surface area contributed by atoms with Crippen LogP contribution in [0.15, 0.2) is 34.9 Å². The fourth-order valence-electron chi connectivity index (χ4n) is 2.84. The lowest BCUT2D eigenvalue weighted by Gasteiger charge is -2.38. The fourth-order valence-corrected chi connectivity index (χ4v) is 2.84. The first-order valence-corrected chi connectivity index (χ1v) is 8.01. The van der Waals surface area contributed by atoms with Crippen molar-refractivity contribution in [1.82, 2.24) is 10.1 Å². The first-order chi connectivity index (χ1) is 11.5. The molecule has 1 unspecified atom stereocenters. The van der Waals surface area contributed by atoms with E-state index in [9.17, 15) is 9.18 Å². The molecule has 1 amide bonds. The molecule has 1 atom stereocenters. The van der Waals surface area contributed by atoms with E-state index in [1.807, 2.05) is 6.92 Å². The van der Waals surface area contributed by atoms with E-state index in [0.717, 1.165) is 31.9 Å². The molecule has 24 heavy (non-hydrogen) atoms. The number of aryl methyl sites for hydroxylation is 1. The quantitative estimate of drug-likeness (QED) is 0.931. The van der Waals surface area contributed by atoms with Gasteiger partial charge in [0.15, 0.2) is 5.82 Å². The number of halogens is 1. The molecule has 1 aliphatic heterocycles. The van der Waals surface area contributed by atoms with Crippen molar-refractivity contribution >= 4 is 17.4 Å². The number of nitrogens with zero attached hydrogens (tertiary/aromatic N) is 3. The van der Waals surface area contributed by atoms with Gasteiger partial charge < -0.3 is 14.7 Å².